The quantitative estimate of drug-likeness (QED) is 0.678. The van der Waals surface area contributed by atoms with Crippen LogP contribution in [0.3, 0.4) is 0 Å². The highest BCUT2D eigenvalue weighted by atomic mass is 32.2. The van der Waals surface area contributed by atoms with Crippen LogP contribution in [0.5, 0.6) is 5.75 Å². The monoisotopic (exact) mass is 408 g/mol. The van der Waals surface area contributed by atoms with Gasteiger partial charge in [-0.1, -0.05) is 5.16 Å². The van der Waals surface area contributed by atoms with Gasteiger partial charge in [0.1, 0.15) is 10.6 Å². The number of aromatic nitrogens is 1. The van der Waals surface area contributed by atoms with Gasteiger partial charge >= 0.3 is 5.97 Å². The van der Waals surface area contributed by atoms with Crippen LogP contribution in [0.2, 0.25) is 0 Å². The van der Waals surface area contributed by atoms with Crippen molar-refractivity contribution in [1.82, 2.24) is 9.46 Å². The number of carbonyl (C=O) groups is 1. The zero-order chi connectivity index (χ0) is 20.3. The maximum Gasteiger partial charge on any atom is 0.310 e. The molecule has 8 nitrogen and oxygen atoms in total. The Bertz CT molecular complexity index is 953. The first-order valence-corrected chi connectivity index (χ1v) is 10.6. The number of ether oxygens (including phenoxy) is 2. The number of nitrogens with zero attached hydrogens (tertiary/aromatic N) is 2. The topological polar surface area (TPSA) is 98.9 Å². The minimum absolute atomic E-state index is 0.0551. The van der Waals surface area contributed by atoms with Crippen LogP contribution in [0, 0.1) is 12.8 Å². The van der Waals surface area contributed by atoms with Crippen LogP contribution in [0.1, 0.15) is 25.5 Å². The third kappa shape index (κ3) is 4.05. The second kappa shape index (κ2) is 8.32. The zero-order valence-electron chi connectivity index (χ0n) is 16.2. The molecule has 9 heteroatoms. The molecule has 0 saturated carbocycles. The van der Waals surface area contributed by atoms with Gasteiger partial charge in [-0.05, 0) is 44.9 Å². The van der Waals surface area contributed by atoms with Gasteiger partial charge in [0.25, 0.3) is 0 Å². The van der Waals surface area contributed by atoms with E-state index in [0.29, 0.717) is 30.7 Å². The SMILES string of the molecule is CCOC(=O)[C@@H]1CCCN(S(=O)(=O)c2ccc(-c3cc(C)no3)cc2OC)C1. The predicted octanol–water partition coefficient (Wildman–Crippen LogP) is 2.62. The minimum Gasteiger partial charge on any atom is -0.495 e. The van der Waals surface area contributed by atoms with Crippen LogP contribution >= 0.6 is 0 Å². The summed E-state index contributed by atoms with van der Waals surface area (Å²) in [5.74, 6) is -0.0683. The van der Waals surface area contributed by atoms with Crippen LogP contribution < -0.4 is 4.74 Å². The summed E-state index contributed by atoms with van der Waals surface area (Å²) in [5.41, 5.74) is 1.39. The molecule has 2 heterocycles. The molecular formula is C19H24N2O6S. The average molecular weight is 408 g/mol. The lowest BCUT2D eigenvalue weighted by Crippen LogP contribution is -2.42. The van der Waals surface area contributed by atoms with Gasteiger partial charge < -0.3 is 14.0 Å². The van der Waals surface area contributed by atoms with Gasteiger partial charge in [0, 0.05) is 24.7 Å². The lowest BCUT2D eigenvalue weighted by molar-refractivity contribution is -0.149. The van der Waals surface area contributed by atoms with E-state index < -0.39 is 15.9 Å². The van der Waals surface area contributed by atoms with E-state index in [1.165, 1.54) is 17.5 Å². The summed E-state index contributed by atoms with van der Waals surface area (Å²) in [6, 6.07) is 6.52. The Hall–Kier alpha value is -2.39. The number of benzene rings is 1. The Kier molecular flexibility index (Phi) is 6.04. The second-order valence-corrected chi connectivity index (χ2v) is 8.56. The molecule has 1 fully saturated rings. The van der Waals surface area contributed by atoms with E-state index in [1.54, 1.807) is 32.0 Å². The summed E-state index contributed by atoms with van der Waals surface area (Å²) in [7, 11) is -2.41. The number of esters is 1. The molecule has 1 aromatic heterocycles. The largest absolute Gasteiger partial charge is 0.495 e. The first-order valence-electron chi connectivity index (χ1n) is 9.15. The predicted molar refractivity (Wildman–Crippen MR) is 101 cm³/mol. The molecule has 152 valence electrons. The summed E-state index contributed by atoms with van der Waals surface area (Å²) >= 11 is 0. The lowest BCUT2D eigenvalue weighted by atomic mass is 10.0. The van der Waals surface area contributed by atoms with E-state index in [0.717, 1.165) is 5.69 Å². The van der Waals surface area contributed by atoms with Crippen molar-refractivity contribution in [3.8, 4) is 17.1 Å². The van der Waals surface area contributed by atoms with E-state index in [-0.39, 0.29) is 29.8 Å². The van der Waals surface area contributed by atoms with E-state index in [2.05, 4.69) is 5.16 Å². The van der Waals surface area contributed by atoms with E-state index in [4.69, 9.17) is 14.0 Å². The highest BCUT2D eigenvalue weighted by Crippen LogP contribution is 2.33. The van der Waals surface area contributed by atoms with E-state index in [1.807, 2.05) is 0 Å². The Morgan fingerprint density at radius 3 is 2.79 bits per heavy atom. The molecule has 0 radical (unpaired) electrons. The Morgan fingerprint density at radius 2 is 2.14 bits per heavy atom. The van der Waals surface area contributed by atoms with Gasteiger partial charge in [-0.3, -0.25) is 4.79 Å². The summed E-state index contributed by atoms with van der Waals surface area (Å²) in [6.07, 6.45) is 1.21. The van der Waals surface area contributed by atoms with Gasteiger partial charge in [-0.2, -0.15) is 4.31 Å². The molecule has 1 aromatic carbocycles. The summed E-state index contributed by atoms with van der Waals surface area (Å²) < 4.78 is 43.4. The Labute approximate surface area is 164 Å². The molecule has 0 unspecified atom stereocenters. The van der Waals surface area contributed by atoms with Crippen molar-refractivity contribution in [2.24, 2.45) is 5.92 Å². The van der Waals surface area contributed by atoms with Gasteiger partial charge in [0.15, 0.2) is 5.76 Å². The van der Waals surface area contributed by atoms with Crippen molar-refractivity contribution in [3.63, 3.8) is 0 Å². The summed E-state index contributed by atoms with van der Waals surface area (Å²) in [6.45, 7) is 4.27. The normalized spacial score (nSPS) is 18.0. The van der Waals surface area contributed by atoms with Crippen molar-refractivity contribution in [1.29, 1.82) is 0 Å². The van der Waals surface area contributed by atoms with Crippen molar-refractivity contribution in [2.45, 2.75) is 31.6 Å². The van der Waals surface area contributed by atoms with Crippen LogP contribution in [-0.4, -0.2) is 50.7 Å². The average Bonchev–Trinajstić information content (AvgIpc) is 3.14. The molecule has 0 bridgehead atoms. The molecule has 0 aliphatic carbocycles. The van der Waals surface area contributed by atoms with Gasteiger partial charge in [0.05, 0.1) is 25.3 Å². The number of aryl methyl sites for hydroxylation is 1. The van der Waals surface area contributed by atoms with Crippen LogP contribution in [0.4, 0.5) is 0 Å². The lowest BCUT2D eigenvalue weighted by Gasteiger charge is -2.31. The first kappa shape index (κ1) is 20.3. The Balaban J connectivity index is 1.89. The van der Waals surface area contributed by atoms with Crippen molar-refractivity contribution >= 4 is 16.0 Å². The highest BCUT2D eigenvalue weighted by molar-refractivity contribution is 7.89. The molecule has 0 spiro atoms. The maximum atomic E-state index is 13.2. The third-order valence-electron chi connectivity index (χ3n) is 4.70. The second-order valence-electron chi connectivity index (χ2n) is 6.65. The highest BCUT2D eigenvalue weighted by Gasteiger charge is 2.35. The number of piperidine rings is 1. The number of hydrogen-bond donors (Lipinski definition) is 0. The van der Waals surface area contributed by atoms with Crippen LogP contribution in [0.15, 0.2) is 33.7 Å². The van der Waals surface area contributed by atoms with Crippen LogP contribution in [0.25, 0.3) is 11.3 Å². The molecule has 1 aliphatic rings. The van der Waals surface area contributed by atoms with E-state index in [9.17, 15) is 13.2 Å². The summed E-state index contributed by atoms with van der Waals surface area (Å²) in [5, 5.41) is 3.85. The number of methoxy groups -OCH3 is 1. The Morgan fingerprint density at radius 1 is 1.36 bits per heavy atom. The molecule has 28 heavy (non-hydrogen) atoms. The smallest absolute Gasteiger partial charge is 0.310 e. The van der Waals surface area contributed by atoms with Crippen molar-refractivity contribution in [3.05, 3.63) is 30.0 Å². The molecule has 2 aromatic rings. The standard InChI is InChI=1S/C19H24N2O6S/c1-4-26-19(22)15-6-5-9-21(12-15)28(23,24)18-8-7-14(11-17(18)25-3)16-10-13(2)20-27-16/h7-8,10-11,15H,4-6,9,12H2,1-3H3/t15-/m1/s1. The number of rotatable bonds is 6. The van der Waals surface area contributed by atoms with Gasteiger partial charge in [-0.25, -0.2) is 8.42 Å². The molecule has 0 amide bonds. The van der Waals surface area contributed by atoms with Gasteiger partial charge in [0.2, 0.25) is 10.0 Å². The number of sulfonamides is 1. The van der Waals surface area contributed by atoms with Crippen LogP contribution in [-0.2, 0) is 19.6 Å². The fourth-order valence-corrected chi connectivity index (χ4v) is 4.95. The fourth-order valence-electron chi connectivity index (χ4n) is 3.29. The number of carbonyl (C=O) groups excluding carboxylic acids is 1. The molecule has 1 saturated heterocycles. The zero-order valence-corrected chi connectivity index (χ0v) is 17.0. The molecule has 3 rings (SSSR count). The molecule has 1 aliphatic heterocycles. The van der Waals surface area contributed by atoms with Crippen molar-refractivity contribution < 1.29 is 27.2 Å². The molecule has 1 atom stereocenters. The summed E-state index contributed by atoms with van der Waals surface area (Å²) in [4.78, 5) is 12.1. The molecule has 0 N–H and O–H groups in total. The van der Waals surface area contributed by atoms with Crippen molar-refractivity contribution in [2.75, 3.05) is 26.8 Å². The van der Waals surface area contributed by atoms with Gasteiger partial charge in [-0.15, -0.1) is 0 Å². The molecular weight excluding hydrogens is 384 g/mol. The minimum atomic E-state index is -3.83. The van der Waals surface area contributed by atoms with E-state index >= 15 is 0 Å². The maximum absolute atomic E-state index is 13.2. The third-order valence-corrected chi connectivity index (χ3v) is 6.60. The number of hydrogen-bond acceptors (Lipinski definition) is 7. The fraction of sp³-hybridized carbons (Fsp3) is 0.474. The first-order chi connectivity index (χ1) is 13.4.